The van der Waals surface area contributed by atoms with Crippen LogP contribution in [-0.4, -0.2) is 47.5 Å². The van der Waals surface area contributed by atoms with Crippen LogP contribution in [-0.2, 0) is 9.59 Å². The largest absolute Gasteiger partial charge is 0.497 e. The SMILES string of the molecule is COc1ccc(C2C3CN(C4CCCCC4)C(=O)C3NN2C(C)=O)cc1. The highest BCUT2D eigenvalue weighted by atomic mass is 16.5. The van der Waals surface area contributed by atoms with Gasteiger partial charge < -0.3 is 9.64 Å². The van der Waals surface area contributed by atoms with Gasteiger partial charge in [0.1, 0.15) is 11.8 Å². The Kier molecular flexibility index (Phi) is 4.61. The van der Waals surface area contributed by atoms with Crippen molar-refractivity contribution in [2.24, 2.45) is 5.92 Å². The maximum absolute atomic E-state index is 13.0. The molecule has 1 aromatic carbocycles. The third-order valence-electron chi connectivity index (χ3n) is 6.16. The maximum atomic E-state index is 13.0. The minimum atomic E-state index is -0.298. The van der Waals surface area contributed by atoms with E-state index >= 15 is 0 Å². The van der Waals surface area contributed by atoms with Crippen molar-refractivity contribution in [3.05, 3.63) is 29.8 Å². The van der Waals surface area contributed by atoms with E-state index in [-0.39, 0.29) is 29.8 Å². The Morgan fingerprint density at radius 3 is 2.46 bits per heavy atom. The van der Waals surface area contributed by atoms with Crippen molar-refractivity contribution >= 4 is 11.8 Å². The van der Waals surface area contributed by atoms with E-state index in [0.717, 1.165) is 30.7 Å². The second-order valence-electron chi connectivity index (χ2n) is 7.66. The van der Waals surface area contributed by atoms with Gasteiger partial charge in [0, 0.05) is 25.4 Å². The Morgan fingerprint density at radius 2 is 1.85 bits per heavy atom. The Labute approximate surface area is 154 Å². The Balaban J connectivity index is 1.61. The van der Waals surface area contributed by atoms with E-state index in [1.54, 1.807) is 19.0 Å². The zero-order valence-electron chi connectivity index (χ0n) is 15.5. The predicted octanol–water partition coefficient (Wildman–Crippen LogP) is 2.26. The fraction of sp³-hybridized carbons (Fsp3) is 0.600. The maximum Gasteiger partial charge on any atom is 0.242 e. The lowest BCUT2D eigenvalue weighted by atomic mass is 9.90. The molecule has 6 heteroatoms. The van der Waals surface area contributed by atoms with Crippen molar-refractivity contribution in [3.8, 4) is 5.75 Å². The molecule has 1 aromatic rings. The number of likely N-dealkylation sites (tertiary alicyclic amines) is 1. The van der Waals surface area contributed by atoms with Crippen LogP contribution in [0, 0.1) is 5.92 Å². The lowest BCUT2D eigenvalue weighted by molar-refractivity contribution is -0.137. The Bertz CT molecular complexity index is 684. The van der Waals surface area contributed by atoms with Crippen LogP contribution in [0.4, 0.5) is 0 Å². The van der Waals surface area contributed by atoms with Crippen LogP contribution in [0.3, 0.4) is 0 Å². The molecule has 2 amide bonds. The number of rotatable bonds is 3. The van der Waals surface area contributed by atoms with Gasteiger partial charge in [0.05, 0.1) is 13.2 Å². The van der Waals surface area contributed by atoms with Gasteiger partial charge in [-0.1, -0.05) is 31.4 Å². The van der Waals surface area contributed by atoms with Gasteiger partial charge in [0.15, 0.2) is 0 Å². The lowest BCUT2D eigenvalue weighted by Crippen LogP contribution is -2.48. The lowest BCUT2D eigenvalue weighted by Gasteiger charge is -2.34. The molecular weight excluding hydrogens is 330 g/mol. The first-order valence-electron chi connectivity index (χ1n) is 9.60. The highest BCUT2D eigenvalue weighted by Crippen LogP contribution is 2.42. The number of hydrazine groups is 1. The third-order valence-corrected chi connectivity index (χ3v) is 6.16. The Morgan fingerprint density at radius 1 is 1.15 bits per heavy atom. The molecule has 3 unspecified atom stereocenters. The first-order chi connectivity index (χ1) is 12.6. The number of carbonyl (C=O) groups is 2. The second kappa shape index (κ2) is 6.91. The summed E-state index contributed by atoms with van der Waals surface area (Å²) in [6.07, 6.45) is 5.90. The average Bonchev–Trinajstić information content (AvgIpc) is 3.20. The Hall–Kier alpha value is -2.08. The molecule has 4 rings (SSSR count). The van der Waals surface area contributed by atoms with Gasteiger partial charge in [-0.2, -0.15) is 0 Å². The van der Waals surface area contributed by atoms with E-state index in [1.807, 2.05) is 24.3 Å². The van der Waals surface area contributed by atoms with Gasteiger partial charge in [0.25, 0.3) is 0 Å². The van der Waals surface area contributed by atoms with Crippen LogP contribution < -0.4 is 10.2 Å². The molecule has 3 aliphatic rings. The summed E-state index contributed by atoms with van der Waals surface area (Å²) in [6, 6.07) is 7.77. The number of hydrogen-bond acceptors (Lipinski definition) is 4. The van der Waals surface area contributed by atoms with Gasteiger partial charge in [-0.25, -0.2) is 5.43 Å². The molecule has 1 saturated carbocycles. The quantitative estimate of drug-likeness (QED) is 0.901. The molecule has 0 radical (unpaired) electrons. The first kappa shape index (κ1) is 17.3. The van der Waals surface area contributed by atoms with Crippen LogP contribution >= 0.6 is 0 Å². The summed E-state index contributed by atoms with van der Waals surface area (Å²) < 4.78 is 5.25. The number of nitrogens with zero attached hydrogens (tertiary/aromatic N) is 2. The van der Waals surface area contributed by atoms with Crippen LogP contribution in [0.25, 0.3) is 0 Å². The molecule has 0 spiro atoms. The number of hydrogen-bond donors (Lipinski definition) is 1. The highest BCUT2D eigenvalue weighted by molar-refractivity contribution is 5.87. The molecular formula is C20H27N3O3. The van der Waals surface area contributed by atoms with E-state index in [1.165, 1.54) is 19.3 Å². The molecule has 0 aromatic heterocycles. The molecule has 0 bridgehead atoms. The number of ether oxygens (including phenoxy) is 1. The van der Waals surface area contributed by atoms with Crippen molar-refractivity contribution in [1.29, 1.82) is 0 Å². The van der Waals surface area contributed by atoms with Crippen LogP contribution in [0.1, 0.15) is 50.6 Å². The number of amides is 2. The minimum Gasteiger partial charge on any atom is -0.497 e. The van der Waals surface area contributed by atoms with E-state index in [0.29, 0.717) is 6.04 Å². The molecule has 1 N–H and O–H groups in total. The normalized spacial score (nSPS) is 29.2. The molecule has 3 atom stereocenters. The van der Waals surface area contributed by atoms with Crippen molar-refractivity contribution in [3.63, 3.8) is 0 Å². The highest BCUT2D eigenvalue weighted by Gasteiger charge is 2.54. The standard InChI is InChI=1S/C20H27N3O3/c1-13(24)23-19(14-8-10-16(26-2)11-9-14)17-12-22(20(25)18(17)21-23)15-6-4-3-5-7-15/h8-11,15,17-19,21H,3-7,12H2,1-2H3. The first-order valence-corrected chi connectivity index (χ1v) is 9.60. The van der Waals surface area contributed by atoms with E-state index in [4.69, 9.17) is 4.74 Å². The average molecular weight is 357 g/mol. The van der Waals surface area contributed by atoms with Gasteiger partial charge in [-0.15, -0.1) is 0 Å². The molecule has 2 saturated heterocycles. The van der Waals surface area contributed by atoms with Crippen molar-refractivity contribution < 1.29 is 14.3 Å². The van der Waals surface area contributed by atoms with Gasteiger partial charge in [-0.05, 0) is 30.5 Å². The smallest absolute Gasteiger partial charge is 0.242 e. The number of nitrogens with one attached hydrogen (secondary N) is 1. The predicted molar refractivity (Wildman–Crippen MR) is 97.3 cm³/mol. The van der Waals surface area contributed by atoms with Crippen molar-refractivity contribution in [1.82, 2.24) is 15.3 Å². The molecule has 1 aliphatic carbocycles. The van der Waals surface area contributed by atoms with E-state index in [9.17, 15) is 9.59 Å². The van der Waals surface area contributed by atoms with Crippen LogP contribution in [0.15, 0.2) is 24.3 Å². The molecule has 2 heterocycles. The number of methoxy groups -OCH3 is 1. The topological polar surface area (TPSA) is 61.9 Å². The fourth-order valence-electron chi connectivity index (χ4n) is 4.84. The fourth-order valence-corrected chi connectivity index (χ4v) is 4.84. The van der Waals surface area contributed by atoms with Gasteiger partial charge in [-0.3, -0.25) is 14.6 Å². The number of fused-ring (bicyclic) bond motifs is 1. The molecule has 26 heavy (non-hydrogen) atoms. The number of carbonyl (C=O) groups excluding carboxylic acids is 2. The summed E-state index contributed by atoms with van der Waals surface area (Å²) in [5.41, 5.74) is 4.25. The summed E-state index contributed by atoms with van der Waals surface area (Å²) in [6.45, 7) is 2.27. The summed E-state index contributed by atoms with van der Waals surface area (Å²) >= 11 is 0. The summed E-state index contributed by atoms with van der Waals surface area (Å²) in [5.74, 6) is 0.972. The van der Waals surface area contributed by atoms with Gasteiger partial charge in [0.2, 0.25) is 11.8 Å². The monoisotopic (exact) mass is 357 g/mol. The van der Waals surface area contributed by atoms with Gasteiger partial charge >= 0.3 is 0 Å². The van der Waals surface area contributed by atoms with Crippen LogP contribution in [0.2, 0.25) is 0 Å². The van der Waals surface area contributed by atoms with Crippen molar-refractivity contribution in [2.75, 3.05) is 13.7 Å². The molecule has 140 valence electrons. The zero-order chi connectivity index (χ0) is 18.3. The van der Waals surface area contributed by atoms with E-state index in [2.05, 4.69) is 10.3 Å². The van der Waals surface area contributed by atoms with E-state index < -0.39 is 0 Å². The third kappa shape index (κ3) is 2.86. The molecule has 6 nitrogen and oxygen atoms in total. The molecule has 2 aliphatic heterocycles. The number of benzene rings is 1. The van der Waals surface area contributed by atoms with Crippen LogP contribution in [0.5, 0.6) is 5.75 Å². The summed E-state index contributed by atoms with van der Waals surface area (Å²) in [7, 11) is 1.64. The summed E-state index contributed by atoms with van der Waals surface area (Å²) in [4.78, 5) is 27.3. The minimum absolute atomic E-state index is 0.0581. The summed E-state index contributed by atoms with van der Waals surface area (Å²) in [5, 5.41) is 1.65. The van der Waals surface area contributed by atoms with Crippen molar-refractivity contribution in [2.45, 2.75) is 57.2 Å². The second-order valence-corrected chi connectivity index (χ2v) is 7.66. The zero-order valence-corrected chi connectivity index (χ0v) is 15.5. The molecule has 3 fully saturated rings.